The SMILES string of the molecule is CCOC(=O)C(F)(F)CCc1coc(CC)n1. The molecule has 0 radical (unpaired) electrons. The summed E-state index contributed by atoms with van der Waals surface area (Å²) < 4.78 is 35.8. The lowest BCUT2D eigenvalue weighted by molar-refractivity contribution is -0.172. The fourth-order valence-electron chi connectivity index (χ4n) is 1.25. The second-order valence-corrected chi connectivity index (χ2v) is 3.51. The summed E-state index contributed by atoms with van der Waals surface area (Å²) in [5.74, 6) is -4.46. The number of aryl methyl sites for hydroxylation is 2. The van der Waals surface area contributed by atoms with Crippen molar-refractivity contribution in [2.45, 2.75) is 39.0 Å². The monoisotopic (exact) mass is 247 g/mol. The Morgan fingerprint density at radius 2 is 2.24 bits per heavy atom. The number of rotatable bonds is 6. The van der Waals surface area contributed by atoms with Crippen LogP contribution in [0.1, 0.15) is 31.9 Å². The minimum absolute atomic E-state index is 0.0185. The first-order valence-electron chi connectivity index (χ1n) is 5.48. The van der Waals surface area contributed by atoms with Crippen molar-refractivity contribution in [2.75, 3.05) is 6.61 Å². The lowest BCUT2D eigenvalue weighted by Crippen LogP contribution is -2.31. The molecule has 0 atom stereocenters. The van der Waals surface area contributed by atoms with Crippen molar-refractivity contribution in [3.8, 4) is 0 Å². The third kappa shape index (κ3) is 3.80. The number of hydrogen-bond donors (Lipinski definition) is 0. The molecule has 17 heavy (non-hydrogen) atoms. The summed E-state index contributed by atoms with van der Waals surface area (Å²) in [6, 6.07) is 0. The largest absolute Gasteiger partial charge is 0.462 e. The van der Waals surface area contributed by atoms with E-state index >= 15 is 0 Å². The first-order chi connectivity index (χ1) is 7.99. The van der Waals surface area contributed by atoms with E-state index in [1.165, 1.54) is 13.2 Å². The van der Waals surface area contributed by atoms with Gasteiger partial charge >= 0.3 is 11.9 Å². The number of ether oxygens (including phenoxy) is 1. The van der Waals surface area contributed by atoms with E-state index in [0.717, 1.165) is 0 Å². The molecule has 0 saturated carbocycles. The van der Waals surface area contributed by atoms with Crippen molar-refractivity contribution in [3.63, 3.8) is 0 Å². The third-order valence-corrected chi connectivity index (χ3v) is 2.17. The highest BCUT2D eigenvalue weighted by atomic mass is 19.3. The Morgan fingerprint density at radius 1 is 1.53 bits per heavy atom. The second-order valence-electron chi connectivity index (χ2n) is 3.51. The summed E-state index contributed by atoms with van der Waals surface area (Å²) in [4.78, 5) is 14.9. The van der Waals surface area contributed by atoms with Gasteiger partial charge in [-0.1, -0.05) is 6.92 Å². The maximum absolute atomic E-state index is 13.2. The molecule has 0 aromatic carbocycles. The minimum Gasteiger partial charge on any atom is -0.462 e. The van der Waals surface area contributed by atoms with Crippen LogP contribution in [0.5, 0.6) is 0 Å². The zero-order chi connectivity index (χ0) is 12.9. The van der Waals surface area contributed by atoms with E-state index in [-0.39, 0.29) is 13.0 Å². The molecule has 0 aliphatic carbocycles. The number of halogens is 2. The van der Waals surface area contributed by atoms with Crippen LogP contribution in [0.3, 0.4) is 0 Å². The van der Waals surface area contributed by atoms with Crippen molar-refractivity contribution in [3.05, 3.63) is 17.8 Å². The number of esters is 1. The molecule has 0 unspecified atom stereocenters. The number of nitrogens with zero attached hydrogens (tertiary/aromatic N) is 1. The lowest BCUT2D eigenvalue weighted by Gasteiger charge is -2.13. The van der Waals surface area contributed by atoms with Crippen LogP contribution in [0.25, 0.3) is 0 Å². The van der Waals surface area contributed by atoms with Crippen molar-refractivity contribution in [1.82, 2.24) is 4.98 Å². The minimum atomic E-state index is -3.47. The molecule has 0 bridgehead atoms. The fraction of sp³-hybridized carbons (Fsp3) is 0.636. The van der Waals surface area contributed by atoms with Gasteiger partial charge < -0.3 is 9.15 Å². The summed E-state index contributed by atoms with van der Waals surface area (Å²) in [6.45, 7) is 3.28. The lowest BCUT2D eigenvalue weighted by atomic mass is 10.1. The zero-order valence-corrected chi connectivity index (χ0v) is 9.83. The van der Waals surface area contributed by atoms with Gasteiger partial charge in [0.05, 0.1) is 12.3 Å². The molecule has 0 aliphatic rings. The molecule has 0 saturated heterocycles. The standard InChI is InChI=1S/C11H15F2NO3/c1-3-9-14-8(7-17-9)5-6-11(12,13)10(15)16-4-2/h7H,3-6H2,1-2H3. The number of alkyl halides is 2. The van der Waals surface area contributed by atoms with Crippen molar-refractivity contribution in [1.29, 1.82) is 0 Å². The van der Waals surface area contributed by atoms with Crippen LogP contribution in [-0.2, 0) is 22.4 Å². The topological polar surface area (TPSA) is 52.3 Å². The number of carbonyl (C=O) groups is 1. The predicted molar refractivity (Wildman–Crippen MR) is 55.8 cm³/mol. The van der Waals surface area contributed by atoms with Crippen molar-refractivity contribution in [2.24, 2.45) is 0 Å². The van der Waals surface area contributed by atoms with E-state index < -0.39 is 18.3 Å². The summed E-state index contributed by atoms with van der Waals surface area (Å²) in [7, 11) is 0. The van der Waals surface area contributed by atoms with Gasteiger partial charge in [-0.3, -0.25) is 0 Å². The van der Waals surface area contributed by atoms with Gasteiger partial charge in [0.25, 0.3) is 0 Å². The van der Waals surface area contributed by atoms with Gasteiger partial charge in [0.15, 0.2) is 5.89 Å². The average molecular weight is 247 g/mol. The van der Waals surface area contributed by atoms with Gasteiger partial charge in [0.2, 0.25) is 0 Å². The van der Waals surface area contributed by atoms with Crippen LogP contribution in [-0.4, -0.2) is 23.5 Å². The maximum atomic E-state index is 13.2. The first kappa shape index (κ1) is 13.6. The molecular weight excluding hydrogens is 232 g/mol. The molecule has 4 nitrogen and oxygen atoms in total. The van der Waals surface area contributed by atoms with E-state index in [1.54, 1.807) is 0 Å². The average Bonchev–Trinajstić information content (AvgIpc) is 2.75. The van der Waals surface area contributed by atoms with Gasteiger partial charge in [-0.05, 0) is 13.3 Å². The van der Waals surface area contributed by atoms with E-state index in [0.29, 0.717) is 18.0 Å². The molecule has 0 amide bonds. The second kappa shape index (κ2) is 5.75. The third-order valence-electron chi connectivity index (χ3n) is 2.17. The van der Waals surface area contributed by atoms with Crippen LogP contribution >= 0.6 is 0 Å². The number of oxazole rings is 1. The molecule has 96 valence electrons. The van der Waals surface area contributed by atoms with Crippen LogP contribution in [0, 0.1) is 0 Å². The Kier molecular flexibility index (Phi) is 4.60. The van der Waals surface area contributed by atoms with E-state index in [2.05, 4.69) is 9.72 Å². The molecule has 0 N–H and O–H groups in total. The maximum Gasteiger partial charge on any atom is 0.376 e. The number of carbonyl (C=O) groups excluding carboxylic acids is 1. The molecule has 0 aliphatic heterocycles. The summed E-state index contributed by atoms with van der Waals surface area (Å²) >= 11 is 0. The van der Waals surface area contributed by atoms with Crippen LogP contribution < -0.4 is 0 Å². The van der Waals surface area contributed by atoms with E-state index in [9.17, 15) is 13.6 Å². The molecule has 0 fully saturated rings. The molecule has 1 aromatic rings. The smallest absolute Gasteiger partial charge is 0.376 e. The Labute approximate surface area is 98.0 Å². The molecule has 1 aromatic heterocycles. The van der Waals surface area contributed by atoms with Crippen LogP contribution in [0.4, 0.5) is 8.78 Å². The van der Waals surface area contributed by atoms with Crippen molar-refractivity contribution >= 4 is 5.97 Å². The Bertz CT molecular complexity index is 377. The first-order valence-corrected chi connectivity index (χ1v) is 5.48. The highest BCUT2D eigenvalue weighted by molar-refractivity contribution is 5.77. The fourth-order valence-corrected chi connectivity index (χ4v) is 1.25. The van der Waals surface area contributed by atoms with Crippen LogP contribution in [0.2, 0.25) is 0 Å². The number of aromatic nitrogens is 1. The molecule has 1 heterocycles. The number of hydrogen-bond acceptors (Lipinski definition) is 4. The highest BCUT2D eigenvalue weighted by Gasteiger charge is 2.40. The molecular formula is C11H15F2NO3. The van der Waals surface area contributed by atoms with E-state index in [1.807, 2.05) is 6.92 Å². The zero-order valence-electron chi connectivity index (χ0n) is 9.83. The van der Waals surface area contributed by atoms with Gasteiger partial charge in [-0.15, -0.1) is 0 Å². The van der Waals surface area contributed by atoms with Gasteiger partial charge in [-0.25, -0.2) is 9.78 Å². The van der Waals surface area contributed by atoms with Gasteiger partial charge in [0, 0.05) is 12.8 Å². The summed E-state index contributed by atoms with van der Waals surface area (Å²) in [5, 5.41) is 0. The van der Waals surface area contributed by atoms with Gasteiger partial charge in [0.1, 0.15) is 6.26 Å². The van der Waals surface area contributed by atoms with E-state index in [4.69, 9.17) is 4.42 Å². The van der Waals surface area contributed by atoms with Crippen molar-refractivity contribution < 1.29 is 22.7 Å². The molecule has 1 rings (SSSR count). The predicted octanol–water partition coefficient (Wildman–Crippen LogP) is 2.37. The molecule has 0 spiro atoms. The summed E-state index contributed by atoms with van der Waals surface area (Å²) in [5.41, 5.74) is 0.422. The molecule has 6 heteroatoms. The Hall–Kier alpha value is -1.46. The Morgan fingerprint density at radius 3 is 2.76 bits per heavy atom. The normalized spacial score (nSPS) is 11.5. The Balaban J connectivity index is 2.51. The quantitative estimate of drug-likeness (QED) is 0.724. The highest BCUT2D eigenvalue weighted by Crippen LogP contribution is 2.22. The summed E-state index contributed by atoms with van der Waals surface area (Å²) in [6.07, 6.45) is 1.30. The van der Waals surface area contributed by atoms with Crippen LogP contribution in [0.15, 0.2) is 10.7 Å². The van der Waals surface area contributed by atoms with Gasteiger partial charge in [-0.2, -0.15) is 8.78 Å².